The molecule has 0 saturated carbocycles. The number of halogens is 5. The van der Waals surface area contributed by atoms with Gasteiger partial charge in [-0.3, -0.25) is 14.6 Å². The highest BCUT2D eigenvalue weighted by atomic mass is 79.9. The Morgan fingerprint density at radius 2 is 2.04 bits per heavy atom. The molecule has 1 heterocycles. The summed E-state index contributed by atoms with van der Waals surface area (Å²) in [6.45, 7) is 2.07. The van der Waals surface area contributed by atoms with Crippen LogP contribution in [0.1, 0.15) is 40.0 Å². The van der Waals surface area contributed by atoms with E-state index >= 15 is 0 Å². The van der Waals surface area contributed by atoms with Crippen LogP contribution in [-0.4, -0.2) is 23.3 Å². The van der Waals surface area contributed by atoms with E-state index in [-0.39, 0.29) is 28.6 Å². The van der Waals surface area contributed by atoms with E-state index in [4.69, 9.17) is 17.3 Å². The van der Waals surface area contributed by atoms with Gasteiger partial charge in [-0.2, -0.15) is 13.2 Å². The minimum absolute atomic E-state index is 0.0659. The highest BCUT2D eigenvalue weighted by molar-refractivity contribution is 9.10. The summed E-state index contributed by atoms with van der Waals surface area (Å²) in [6.07, 6.45) is -3.97. The number of nitrogens with zero attached hydrogens (tertiary/aromatic N) is 1. The Morgan fingerprint density at radius 1 is 1.36 bits per heavy atom. The molecule has 0 saturated heterocycles. The molecule has 0 aliphatic carbocycles. The van der Waals surface area contributed by atoms with Gasteiger partial charge in [0.1, 0.15) is 0 Å². The lowest BCUT2D eigenvalue weighted by Gasteiger charge is -2.20. The van der Waals surface area contributed by atoms with Crippen LogP contribution in [0.3, 0.4) is 0 Å². The molecule has 0 aliphatic heterocycles. The molecule has 10 heteroatoms. The molecule has 150 valence electrons. The van der Waals surface area contributed by atoms with Gasteiger partial charge in [0.25, 0.3) is 0 Å². The van der Waals surface area contributed by atoms with Crippen LogP contribution in [0.5, 0.6) is 0 Å². The van der Waals surface area contributed by atoms with Crippen LogP contribution in [0.15, 0.2) is 34.9 Å². The van der Waals surface area contributed by atoms with Gasteiger partial charge in [0.2, 0.25) is 11.8 Å². The summed E-state index contributed by atoms with van der Waals surface area (Å²) in [5, 5.41) is 2.47. The Kier molecular flexibility index (Phi) is 7.06. The number of nitrogens with two attached hydrogens (primary N) is 1. The number of benzene rings is 1. The number of carbonyl (C=O) groups is 2. The van der Waals surface area contributed by atoms with Gasteiger partial charge in [0, 0.05) is 23.6 Å². The van der Waals surface area contributed by atoms with Gasteiger partial charge >= 0.3 is 6.18 Å². The second kappa shape index (κ2) is 8.91. The molecular formula is C18H16BrClF3N3O2. The second-order valence-corrected chi connectivity index (χ2v) is 7.07. The molecule has 2 aromatic rings. The van der Waals surface area contributed by atoms with Crippen molar-refractivity contribution < 1.29 is 22.8 Å². The molecule has 0 aliphatic rings. The molecule has 0 radical (unpaired) electrons. The van der Waals surface area contributed by atoms with Crippen LogP contribution in [0.25, 0.3) is 0 Å². The van der Waals surface area contributed by atoms with Crippen LogP contribution in [0, 0.1) is 0 Å². The number of rotatable bonds is 6. The SMILES string of the molecule is CCNC(=O)C(Cc1ncc(C(F)(F)F)cc1Cl)c1cccc(C(N)=O)c1Br. The Bertz CT molecular complexity index is 906. The molecule has 1 unspecified atom stereocenters. The lowest BCUT2D eigenvalue weighted by molar-refractivity contribution is -0.137. The van der Waals surface area contributed by atoms with E-state index in [1.54, 1.807) is 19.1 Å². The maximum atomic E-state index is 12.8. The number of aromatic nitrogens is 1. The van der Waals surface area contributed by atoms with Crippen molar-refractivity contribution in [1.82, 2.24) is 10.3 Å². The summed E-state index contributed by atoms with van der Waals surface area (Å²) in [5.41, 5.74) is 5.11. The number of hydrogen-bond donors (Lipinski definition) is 2. The summed E-state index contributed by atoms with van der Waals surface area (Å²) < 4.78 is 38.8. The van der Waals surface area contributed by atoms with Gasteiger partial charge in [-0.25, -0.2) is 0 Å². The summed E-state index contributed by atoms with van der Waals surface area (Å²) in [7, 11) is 0. The molecular weight excluding hydrogens is 463 g/mol. The van der Waals surface area contributed by atoms with Crippen molar-refractivity contribution in [2.45, 2.75) is 25.4 Å². The van der Waals surface area contributed by atoms with Crippen LogP contribution >= 0.6 is 27.5 Å². The normalized spacial score (nSPS) is 12.5. The zero-order valence-electron chi connectivity index (χ0n) is 14.6. The highest BCUT2D eigenvalue weighted by Gasteiger charge is 2.32. The Morgan fingerprint density at radius 3 is 2.57 bits per heavy atom. The Balaban J connectivity index is 2.48. The van der Waals surface area contributed by atoms with Gasteiger partial charge in [-0.1, -0.05) is 23.7 Å². The first kappa shape index (κ1) is 22.2. The first-order valence-electron chi connectivity index (χ1n) is 8.13. The molecule has 0 spiro atoms. The standard InChI is InChI=1S/C18H16BrClF3N3O2/c1-2-25-17(28)12(10-4-3-5-11(15(10)19)16(24)27)7-14-13(20)6-9(8-26-14)18(21,22)23/h3-6,8,12H,2,7H2,1H3,(H2,24,27)(H,25,28). The molecule has 0 fully saturated rings. The van der Waals surface area contributed by atoms with Crippen molar-refractivity contribution in [3.63, 3.8) is 0 Å². The number of likely N-dealkylation sites (N-methyl/N-ethyl adjacent to an activating group) is 1. The van der Waals surface area contributed by atoms with E-state index in [1.807, 2.05) is 0 Å². The van der Waals surface area contributed by atoms with Crippen molar-refractivity contribution in [3.8, 4) is 0 Å². The largest absolute Gasteiger partial charge is 0.417 e. The lowest BCUT2D eigenvalue weighted by atomic mass is 9.91. The quantitative estimate of drug-likeness (QED) is 0.656. The molecule has 1 aromatic heterocycles. The Labute approximate surface area is 172 Å². The monoisotopic (exact) mass is 477 g/mol. The van der Waals surface area contributed by atoms with E-state index in [9.17, 15) is 22.8 Å². The first-order valence-corrected chi connectivity index (χ1v) is 9.30. The lowest BCUT2D eigenvalue weighted by Crippen LogP contribution is -2.31. The predicted molar refractivity (Wildman–Crippen MR) is 102 cm³/mol. The molecule has 2 amide bonds. The maximum Gasteiger partial charge on any atom is 0.417 e. The third kappa shape index (κ3) is 5.02. The van der Waals surface area contributed by atoms with Gasteiger partial charge in [0.05, 0.1) is 27.8 Å². The van der Waals surface area contributed by atoms with Gasteiger partial charge in [-0.15, -0.1) is 0 Å². The fourth-order valence-electron chi connectivity index (χ4n) is 2.62. The van der Waals surface area contributed by atoms with Gasteiger partial charge < -0.3 is 11.1 Å². The molecule has 1 aromatic carbocycles. The van der Waals surface area contributed by atoms with Crippen molar-refractivity contribution in [2.75, 3.05) is 6.54 Å². The third-order valence-electron chi connectivity index (χ3n) is 3.98. The maximum absolute atomic E-state index is 12.8. The summed E-state index contributed by atoms with van der Waals surface area (Å²) >= 11 is 9.28. The average Bonchev–Trinajstić information content (AvgIpc) is 2.60. The average molecular weight is 479 g/mol. The zero-order chi connectivity index (χ0) is 21.1. The molecule has 1 atom stereocenters. The number of hydrogen-bond acceptors (Lipinski definition) is 3. The topological polar surface area (TPSA) is 85.1 Å². The molecule has 3 N–H and O–H groups in total. The third-order valence-corrected chi connectivity index (χ3v) is 5.19. The summed E-state index contributed by atoms with van der Waals surface area (Å²) in [6, 6.07) is 5.45. The minimum atomic E-state index is -4.58. The number of amides is 2. The molecule has 28 heavy (non-hydrogen) atoms. The van der Waals surface area contributed by atoms with Gasteiger partial charge in [-0.05, 0) is 40.5 Å². The van der Waals surface area contributed by atoms with Crippen molar-refractivity contribution in [3.05, 3.63) is 62.3 Å². The highest BCUT2D eigenvalue weighted by Crippen LogP contribution is 2.34. The van der Waals surface area contributed by atoms with Crippen LogP contribution in [0.4, 0.5) is 13.2 Å². The predicted octanol–water partition coefficient (Wildman–Crippen LogP) is 4.08. The molecule has 2 rings (SSSR count). The van der Waals surface area contributed by atoms with Crippen LogP contribution in [-0.2, 0) is 17.4 Å². The minimum Gasteiger partial charge on any atom is -0.366 e. The number of nitrogens with one attached hydrogen (secondary N) is 1. The van der Waals surface area contributed by atoms with Crippen molar-refractivity contribution in [1.29, 1.82) is 0 Å². The fraction of sp³-hybridized carbons (Fsp3) is 0.278. The number of carbonyl (C=O) groups excluding carboxylic acids is 2. The van der Waals surface area contributed by atoms with E-state index in [0.29, 0.717) is 22.8 Å². The van der Waals surface area contributed by atoms with Crippen LogP contribution < -0.4 is 11.1 Å². The first-order chi connectivity index (χ1) is 13.1. The fourth-order valence-corrected chi connectivity index (χ4v) is 3.59. The van der Waals surface area contributed by atoms with Crippen molar-refractivity contribution >= 4 is 39.3 Å². The second-order valence-electron chi connectivity index (χ2n) is 5.87. The van der Waals surface area contributed by atoms with Crippen molar-refractivity contribution in [2.24, 2.45) is 5.73 Å². The number of alkyl halides is 3. The van der Waals surface area contributed by atoms with Crippen LogP contribution in [0.2, 0.25) is 5.02 Å². The van der Waals surface area contributed by atoms with E-state index < -0.39 is 23.6 Å². The molecule has 5 nitrogen and oxygen atoms in total. The number of primary amides is 1. The summed E-state index contributed by atoms with van der Waals surface area (Å²) in [4.78, 5) is 28.0. The Hall–Kier alpha value is -2.13. The smallest absolute Gasteiger partial charge is 0.366 e. The molecule has 0 bridgehead atoms. The number of pyridine rings is 1. The van der Waals surface area contributed by atoms with E-state index in [2.05, 4.69) is 26.2 Å². The zero-order valence-corrected chi connectivity index (χ0v) is 17.0. The van der Waals surface area contributed by atoms with Gasteiger partial charge in [0.15, 0.2) is 0 Å². The summed E-state index contributed by atoms with van der Waals surface area (Å²) in [5.74, 6) is -1.92. The van der Waals surface area contributed by atoms with E-state index in [1.165, 1.54) is 6.07 Å². The van der Waals surface area contributed by atoms with E-state index in [0.717, 1.165) is 6.07 Å².